The van der Waals surface area contributed by atoms with E-state index in [2.05, 4.69) is 10.3 Å². The van der Waals surface area contributed by atoms with Gasteiger partial charge in [0, 0.05) is 31.0 Å². The summed E-state index contributed by atoms with van der Waals surface area (Å²) in [5.41, 5.74) is 1.89. The highest BCUT2D eigenvalue weighted by Gasteiger charge is 2.11. The van der Waals surface area contributed by atoms with E-state index in [0.29, 0.717) is 18.8 Å². The topological polar surface area (TPSA) is 54.4 Å². The van der Waals surface area contributed by atoms with Gasteiger partial charge in [0.1, 0.15) is 5.75 Å². The number of benzene rings is 1. The molecule has 0 spiro atoms. The fraction of sp³-hybridized carbons (Fsp3) is 0.267. The minimum atomic E-state index is -0.590. The van der Waals surface area contributed by atoms with E-state index in [4.69, 9.17) is 4.74 Å². The molecule has 1 atom stereocenters. The number of rotatable bonds is 6. The van der Waals surface area contributed by atoms with Gasteiger partial charge < -0.3 is 15.2 Å². The summed E-state index contributed by atoms with van der Waals surface area (Å²) in [6, 6.07) is 11.4. The lowest BCUT2D eigenvalue weighted by Gasteiger charge is -2.15. The molecule has 19 heavy (non-hydrogen) atoms. The second kappa shape index (κ2) is 6.87. The van der Waals surface area contributed by atoms with Crippen molar-refractivity contribution in [2.45, 2.75) is 12.6 Å². The Morgan fingerprint density at radius 3 is 2.84 bits per heavy atom. The van der Waals surface area contributed by atoms with Crippen molar-refractivity contribution < 1.29 is 9.84 Å². The molecule has 1 aromatic carbocycles. The van der Waals surface area contributed by atoms with Gasteiger partial charge in [-0.25, -0.2) is 0 Å². The molecule has 4 heteroatoms. The molecular weight excluding hydrogens is 240 g/mol. The van der Waals surface area contributed by atoms with Crippen LogP contribution < -0.4 is 10.1 Å². The Morgan fingerprint density at radius 2 is 2.11 bits per heavy atom. The van der Waals surface area contributed by atoms with Crippen LogP contribution in [0.25, 0.3) is 0 Å². The van der Waals surface area contributed by atoms with Crippen LogP contribution in [-0.2, 0) is 6.54 Å². The van der Waals surface area contributed by atoms with Crippen molar-refractivity contribution in [2.75, 3.05) is 13.7 Å². The Kier molecular flexibility index (Phi) is 4.89. The Hall–Kier alpha value is -1.91. The summed E-state index contributed by atoms with van der Waals surface area (Å²) in [5.74, 6) is 0.707. The highest BCUT2D eigenvalue weighted by atomic mass is 16.5. The minimum Gasteiger partial charge on any atom is -0.496 e. The van der Waals surface area contributed by atoms with Crippen LogP contribution in [0.4, 0.5) is 0 Å². The fourth-order valence-corrected chi connectivity index (χ4v) is 1.91. The predicted octanol–water partition coefficient (Wildman–Crippen LogP) is 1.91. The lowest BCUT2D eigenvalue weighted by molar-refractivity contribution is 0.170. The number of aromatic nitrogens is 1. The zero-order valence-corrected chi connectivity index (χ0v) is 10.9. The number of nitrogens with one attached hydrogen (secondary N) is 1. The van der Waals surface area contributed by atoms with Crippen molar-refractivity contribution in [2.24, 2.45) is 0 Å². The number of hydrogen-bond donors (Lipinski definition) is 2. The first-order chi connectivity index (χ1) is 9.31. The zero-order valence-electron chi connectivity index (χ0n) is 10.9. The summed E-state index contributed by atoms with van der Waals surface area (Å²) in [6.07, 6.45) is 2.96. The molecule has 0 saturated carbocycles. The molecule has 1 unspecified atom stereocenters. The first-order valence-corrected chi connectivity index (χ1v) is 6.22. The van der Waals surface area contributed by atoms with Crippen molar-refractivity contribution >= 4 is 0 Å². The van der Waals surface area contributed by atoms with Crippen LogP contribution in [0.3, 0.4) is 0 Å². The number of methoxy groups -OCH3 is 1. The quantitative estimate of drug-likeness (QED) is 0.831. The van der Waals surface area contributed by atoms with Crippen LogP contribution >= 0.6 is 0 Å². The number of hydrogen-bond acceptors (Lipinski definition) is 4. The van der Waals surface area contributed by atoms with E-state index in [0.717, 1.165) is 11.1 Å². The SMILES string of the molecule is COc1ccccc1C(O)CNCc1cccnc1. The van der Waals surface area contributed by atoms with Gasteiger partial charge in [-0.15, -0.1) is 0 Å². The molecule has 2 rings (SSSR count). The Labute approximate surface area is 113 Å². The first-order valence-electron chi connectivity index (χ1n) is 6.22. The maximum absolute atomic E-state index is 10.2. The molecule has 0 fully saturated rings. The standard InChI is InChI=1S/C15H18N2O2/c1-19-15-7-3-2-6-13(15)14(18)11-17-10-12-5-4-8-16-9-12/h2-9,14,17-18H,10-11H2,1H3. The van der Waals surface area contributed by atoms with Gasteiger partial charge in [-0.05, 0) is 17.7 Å². The molecule has 0 bridgehead atoms. The second-order valence-corrected chi connectivity index (χ2v) is 4.25. The number of pyridine rings is 1. The average Bonchev–Trinajstić information content (AvgIpc) is 2.48. The fourth-order valence-electron chi connectivity index (χ4n) is 1.91. The Balaban J connectivity index is 1.89. The molecule has 0 aliphatic rings. The number of ether oxygens (including phenoxy) is 1. The van der Waals surface area contributed by atoms with Gasteiger partial charge in [0.2, 0.25) is 0 Å². The minimum absolute atomic E-state index is 0.468. The molecule has 1 heterocycles. The molecular formula is C15H18N2O2. The summed E-state index contributed by atoms with van der Waals surface area (Å²) in [4.78, 5) is 4.05. The predicted molar refractivity (Wildman–Crippen MR) is 73.9 cm³/mol. The van der Waals surface area contributed by atoms with E-state index in [9.17, 15) is 5.11 Å². The molecule has 100 valence electrons. The van der Waals surface area contributed by atoms with Crippen LogP contribution in [-0.4, -0.2) is 23.7 Å². The van der Waals surface area contributed by atoms with Crippen LogP contribution in [0.1, 0.15) is 17.2 Å². The van der Waals surface area contributed by atoms with Crippen LogP contribution in [0.2, 0.25) is 0 Å². The van der Waals surface area contributed by atoms with Crippen molar-refractivity contribution in [3.63, 3.8) is 0 Å². The third kappa shape index (κ3) is 3.77. The summed E-state index contributed by atoms with van der Waals surface area (Å²) >= 11 is 0. The molecule has 0 aliphatic carbocycles. The summed E-state index contributed by atoms with van der Waals surface area (Å²) in [6.45, 7) is 1.15. The lowest BCUT2D eigenvalue weighted by atomic mass is 10.1. The summed E-state index contributed by atoms with van der Waals surface area (Å²) in [5, 5.41) is 13.4. The molecule has 0 amide bonds. The van der Waals surface area contributed by atoms with E-state index in [-0.39, 0.29) is 0 Å². The first kappa shape index (κ1) is 13.5. The van der Waals surface area contributed by atoms with Crippen LogP contribution in [0.15, 0.2) is 48.8 Å². The molecule has 0 saturated heterocycles. The third-order valence-electron chi connectivity index (χ3n) is 2.89. The Morgan fingerprint density at radius 1 is 1.26 bits per heavy atom. The van der Waals surface area contributed by atoms with Gasteiger partial charge in [-0.2, -0.15) is 0 Å². The van der Waals surface area contributed by atoms with Crippen molar-refractivity contribution in [1.82, 2.24) is 10.3 Å². The number of nitrogens with zero attached hydrogens (tertiary/aromatic N) is 1. The molecule has 4 nitrogen and oxygen atoms in total. The van der Waals surface area contributed by atoms with E-state index < -0.39 is 6.10 Å². The van der Waals surface area contributed by atoms with Crippen molar-refractivity contribution in [3.8, 4) is 5.75 Å². The van der Waals surface area contributed by atoms with E-state index in [1.54, 1.807) is 13.3 Å². The van der Waals surface area contributed by atoms with Crippen molar-refractivity contribution in [1.29, 1.82) is 0 Å². The third-order valence-corrected chi connectivity index (χ3v) is 2.89. The number of para-hydroxylation sites is 1. The second-order valence-electron chi connectivity index (χ2n) is 4.25. The van der Waals surface area contributed by atoms with Gasteiger partial charge in [-0.1, -0.05) is 24.3 Å². The summed E-state index contributed by atoms with van der Waals surface area (Å²) in [7, 11) is 1.61. The molecule has 2 aromatic rings. The lowest BCUT2D eigenvalue weighted by Crippen LogP contribution is -2.21. The van der Waals surface area contributed by atoms with Gasteiger partial charge >= 0.3 is 0 Å². The van der Waals surface area contributed by atoms with Crippen LogP contribution in [0.5, 0.6) is 5.75 Å². The largest absolute Gasteiger partial charge is 0.496 e. The normalized spacial score (nSPS) is 12.1. The smallest absolute Gasteiger partial charge is 0.124 e. The monoisotopic (exact) mass is 258 g/mol. The molecule has 1 aromatic heterocycles. The maximum atomic E-state index is 10.2. The van der Waals surface area contributed by atoms with E-state index in [1.165, 1.54) is 0 Å². The van der Waals surface area contributed by atoms with Gasteiger partial charge in [-0.3, -0.25) is 4.98 Å². The molecule has 0 aliphatic heterocycles. The average molecular weight is 258 g/mol. The molecule has 2 N–H and O–H groups in total. The molecule has 0 radical (unpaired) electrons. The van der Waals surface area contributed by atoms with Crippen LogP contribution in [0, 0.1) is 0 Å². The Bertz CT molecular complexity index is 503. The number of aliphatic hydroxyl groups is 1. The highest BCUT2D eigenvalue weighted by Crippen LogP contribution is 2.23. The van der Waals surface area contributed by atoms with E-state index >= 15 is 0 Å². The number of aliphatic hydroxyl groups excluding tert-OH is 1. The van der Waals surface area contributed by atoms with Gasteiger partial charge in [0.25, 0.3) is 0 Å². The highest BCUT2D eigenvalue weighted by molar-refractivity contribution is 5.35. The zero-order chi connectivity index (χ0) is 13.5. The van der Waals surface area contributed by atoms with Gasteiger partial charge in [0.15, 0.2) is 0 Å². The summed E-state index contributed by atoms with van der Waals surface area (Å²) < 4.78 is 5.23. The maximum Gasteiger partial charge on any atom is 0.124 e. The van der Waals surface area contributed by atoms with Crippen molar-refractivity contribution in [3.05, 3.63) is 59.9 Å². The van der Waals surface area contributed by atoms with E-state index in [1.807, 2.05) is 42.6 Å². The van der Waals surface area contributed by atoms with Gasteiger partial charge in [0.05, 0.1) is 13.2 Å².